The van der Waals surface area contributed by atoms with E-state index in [1.807, 2.05) is 19.9 Å². The van der Waals surface area contributed by atoms with Crippen molar-refractivity contribution in [3.8, 4) is 0 Å². The average Bonchev–Trinajstić information content (AvgIpc) is 2.93. The zero-order chi connectivity index (χ0) is 17.2. The fraction of sp³-hybridized carbons (Fsp3) is 0.722. The first-order chi connectivity index (χ1) is 10.8. The molecule has 23 heavy (non-hydrogen) atoms. The Balaban J connectivity index is 2.29. The van der Waals surface area contributed by atoms with E-state index in [2.05, 4.69) is 37.6 Å². The molecular formula is C18H29N3O2. The molecule has 1 aliphatic heterocycles. The van der Waals surface area contributed by atoms with Crippen LogP contribution < -0.4 is 4.90 Å². The average molecular weight is 319 g/mol. The van der Waals surface area contributed by atoms with Crippen LogP contribution in [-0.4, -0.2) is 35.6 Å². The van der Waals surface area contributed by atoms with Crippen molar-refractivity contribution in [3.05, 3.63) is 17.6 Å². The first kappa shape index (κ1) is 17.7. The van der Waals surface area contributed by atoms with E-state index in [1.165, 1.54) is 0 Å². The number of carbonyl (C=O) groups is 1. The Morgan fingerprint density at radius 1 is 1.35 bits per heavy atom. The molecule has 0 saturated carbocycles. The van der Waals surface area contributed by atoms with Gasteiger partial charge in [0, 0.05) is 30.8 Å². The van der Waals surface area contributed by atoms with Crippen molar-refractivity contribution in [2.75, 3.05) is 24.6 Å². The van der Waals surface area contributed by atoms with Crippen LogP contribution >= 0.6 is 0 Å². The predicted molar refractivity (Wildman–Crippen MR) is 91.6 cm³/mol. The summed E-state index contributed by atoms with van der Waals surface area (Å²) in [6.45, 7) is 14.2. The number of rotatable bonds is 5. The molecule has 0 aliphatic carbocycles. The molecule has 1 atom stereocenters. The van der Waals surface area contributed by atoms with E-state index < -0.39 is 5.41 Å². The number of ether oxygens (including phenoxy) is 1. The number of aromatic nitrogens is 2. The fourth-order valence-electron chi connectivity index (χ4n) is 3.17. The standard InChI is InChI=1S/C18H29N3O2/c1-7-23-17(22)18(13(4)5)8-9-21(11-18)15-10-14(6)19-16(20-15)12(2)3/h10,12-13H,7-9,11H2,1-6H3. The van der Waals surface area contributed by atoms with Crippen LogP contribution in [0.4, 0.5) is 5.82 Å². The van der Waals surface area contributed by atoms with Gasteiger partial charge in [-0.25, -0.2) is 9.97 Å². The van der Waals surface area contributed by atoms with E-state index >= 15 is 0 Å². The first-order valence-corrected chi connectivity index (χ1v) is 8.58. The summed E-state index contributed by atoms with van der Waals surface area (Å²) >= 11 is 0. The molecule has 128 valence electrons. The van der Waals surface area contributed by atoms with Gasteiger partial charge in [0.2, 0.25) is 0 Å². The Hall–Kier alpha value is -1.65. The summed E-state index contributed by atoms with van der Waals surface area (Å²) in [5.74, 6) is 2.23. The molecule has 1 saturated heterocycles. The summed E-state index contributed by atoms with van der Waals surface area (Å²) in [4.78, 5) is 24.0. The summed E-state index contributed by atoms with van der Waals surface area (Å²) in [6.07, 6.45) is 0.809. The van der Waals surface area contributed by atoms with E-state index in [4.69, 9.17) is 9.72 Å². The number of aryl methyl sites for hydroxylation is 1. The number of hydrogen-bond acceptors (Lipinski definition) is 5. The molecule has 2 heterocycles. The highest BCUT2D eigenvalue weighted by atomic mass is 16.5. The molecule has 0 bridgehead atoms. The molecule has 1 aromatic rings. The third-order valence-corrected chi connectivity index (χ3v) is 4.79. The molecule has 0 radical (unpaired) electrons. The van der Waals surface area contributed by atoms with E-state index in [-0.39, 0.29) is 17.8 Å². The molecule has 5 nitrogen and oxygen atoms in total. The van der Waals surface area contributed by atoms with Crippen molar-refractivity contribution in [3.63, 3.8) is 0 Å². The summed E-state index contributed by atoms with van der Waals surface area (Å²) in [6, 6.07) is 2.01. The Bertz CT molecular complexity index is 571. The van der Waals surface area contributed by atoms with Crippen molar-refractivity contribution in [1.82, 2.24) is 9.97 Å². The van der Waals surface area contributed by atoms with Crippen LogP contribution in [-0.2, 0) is 9.53 Å². The van der Waals surface area contributed by atoms with Gasteiger partial charge in [-0.2, -0.15) is 0 Å². The maximum Gasteiger partial charge on any atom is 0.314 e. The highest BCUT2D eigenvalue weighted by Gasteiger charge is 2.48. The van der Waals surface area contributed by atoms with Gasteiger partial charge in [-0.05, 0) is 26.2 Å². The van der Waals surface area contributed by atoms with E-state index in [0.29, 0.717) is 13.2 Å². The molecule has 1 aliphatic rings. The number of nitrogens with zero attached hydrogens (tertiary/aromatic N) is 3. The van der Waals surface area contributed by atoms with Crippen molar-refractivity contribution in [2.24, 2.45) is 11.3 Å². The largest absolute Gasteiger partial charge is 0.466 e. The maximum atomic E-state index is 12.5. The molecule has 2 rings (SSSR count). The maximum absolute atomic E-state index is 12.5. The lowest BCUT2D eigenvalue weighted by molar-refractivity contribution is -0.156. The van der Waals surface area contributed by atoms with Crippen molar-refractivity contribution in [2.45, 2.75) is 53.9 Å². The topological polar surface area (TPSA) is 55.3 Å². The summed E-state index contributed by atoms with van der Waals surface area (Å²) in [7, 11) is 0. The van der Waals surface area contributed by atoms with E-state index in [1.54, 1.807) is 0 Å². The van der Waals surface area contributed by atoms with Crippen molar-refractivity contribution in [1.29, 1.82) is 0 Å². The highest BCUT2D eigenvalue weighted by Crippen LogP contribution is 2.40. The Morgan fingerprint density at radius 3 is 2.61 bits per heavy atom. The lowest BCUT2D eigenvalue weighted by atomic mass is 9.76. The normalized spacial score (nSPS) is 21.3. The SMILES string of the molecule is CCOC(=O)C1(C(C)C)CCN(c2cc(C)nc(C(C)C)n2)C1. The number of hydrogen-bond donors (Lipinski definition) is 0. The molecule has 1 aromatic heterocycles. The third-order valence-electron chi connectivity index (χ3n) is 4.79. The molecule has 0 amide bonds. The number of anilines is 1. The van der Waals surface area contributed by atoms with Crippen LogP contribution in [0.2, 0.25) is 0 Å². The Kier molecular flexibility index (Phi) is 5.27. The number of carbonyl (C=O) groups excluding carboxylic acids is 1. The van der Waals surface area contributed by atoms with E-state index in [0.717, 1.165) is 30.3 Å². The van der Waals surface area contributed by atoms with Crippen molar-refractivity contribution < 1.29 is 9.53 Å². The minimum Gasteiger partial charge on any atom is -0.466 e. The zero-order valence-corrected chi connectivity index (χ0v) is 15.2. The number of esters is 1. The van der Waals surface area contributed by atoms with Crippen LogP contribution in [0.1, 0.15) is 58.5 Å². The summed E-state index contributed by atoms with van der Waals surface area (Å²) in [5.41, 5.74) is 0.532. The van der Waals surface area contributed by atoms with Crippen LogP contribution in [0, 0.1) is 18.3 Å². The van der Waals surface area contributed by atoms with Crippen LogP contribution in [0.5, 0.6) is 0 Å². The highest BCUT2D eigenvalue weighted by molar-refractivity contribution is 5.79. The second-order valence-electron chi connectivity index (χ2n) is 7.08. The minimum atomic E-state index is -0.438. The van der Waals surface area contributed by atoms with Gasteiger partial charge in [0.15, 0.2) is 0 Å². The van der Waals surface area contributed by atoms with Gasteiger partial charge in [-0.3, -0.25) is 4.79 Å². The molecule has 1 unspecified atom stereocenters. The molecule has 5 heteroatoms. The van der Waals surface area contributed by atoms with Gasteiger partial charge in [-0.15, -0.1) is 0 Å². The zero-order valence-electron chi connectivity index (χ0n) is 15.2. The molecule has 0 N–H and O–H groups in total. The monoisotopic (exact) mass is 319 g/mol. The molecule has 0 spiro atoms. The molecule has 1 fully saturated rings. The summed E-state index contributed by atoms with van der Waals surface area (Å²) < 4.78 is 5.36. The minimum absolute atomic E-state index is 0.0765. The smallest absolute Gasteiger partial charge is 0.314 e. The molecular weight excluding hydrogens is 290 g/mol. The Morgan fingerprint density at radius 2 is 2.04 bits per heavy atom. The Labute approximate surface area is 139 Å². The van der Waals surface area contributed by atoms with Gasteiger partial charge in [-0.1, -0.05) is 27.7 Å². The fourth-order valence-corrected chi connectivity index (χ4v) is 3.17. The summed E-state index contributed by atoms with van der Waals surface area (Å²) in [5, 5.41) is 0. The van der Waals surface area contributed by atoms with Gasteiger partial charge in [0.25, 0.3) is 0 Å². The van der Waals surface area contributed by atoms with Gasteiger partial charge >= 0.3 is 5.97 Å². The predicted octanol–water partition coefficient (Wildman–Crippen LogP) is 3.32. The van der Waals surface area contributed by atoms with E-state index in [9.17, 15) is 4.79 Å². The quantitative estimate of drug-likeness (QED) is 0.779. The van der Waals surface area contributed by atoms with Crippen LogP contribution in [0.3, 0.4) is 0 Å². The van der Waals surface area contributed by atoms with Gasteiger partial charge < -0.3 is 9.64 Å². The third kappa shape index (κ3) is 3.48. The van der Waals surface area contributed by atoms with Crippen molar-refractivity contribution >= 4 is 11.8 Å². The van der Waals surface area contributed by atoms with Crippen LogP contribution in [0.15, 0.2) is 6.07 Å². The second kappa shape index (κ2) is 6.85. The van der Waals surface area contributed by atoms with Gasteiger partial charge in [0.1, 0.15) is 11.6 Å². The second-order valence-corrected chi connectivity index (χ2v) is 7.08. The lowest BCUT2D eigenvalue weighted by Crippen LogP contribution is -2.40. The molecule has 0 aromatic carbocycles. The lowest BCUT2D eigenvalue weighted by Gasteiger charge is -2.31. The van der Waals surface area contributed by atoms with Crippen LogP contribution in [0.25, 0.3) is 0 Å². The van der Waals surface area contributed by atoms with Gasteiger partial charge in [0.05, 0.1) is 12.0 Å². The first-order valence-electron chi connectivity index (χ1n) is 8.58.